The average Bonchev–Trinajstić information content (AvgIpc) is 2.64. The molecule has 0 saturated carbocycles. The molecule has 1 aromatic carbocycles. The number of amides is 1. The van der Waals surface area contributed by atoms with Crippen LogP contribution in [0.15, 0.2) is 42.6 Å². The lowest BCUT2D eigenvalue weighted by molar-refractivity contribution is 0.102. The van der Waals surface area contributed by atoms with Gasteiger partial charge in [-0.05, 0) is 54.8 Å². The van der Waals surface area contributed by atoms with Crippen molar-refractivity contribution in [3.05, 3.63) is 53.7 Å². The largest absolute Gasteiger partial charge is 0.357 e. The van der Waals surface area contributed by atoms with Crippen molar-refractivity contribution in [2.24, 2.45) is 5.92 Å². The lowest BCUT2D eigenvalue weighted by atomic mass is 9.99. The molecule has 1 aromatic heterocycles. The number of pyridine rings is 1. The average molecular weight is 356 g/mol. The summed E-state index contributed by atoms with van der Waals surface area (Å²) in [5.74, 6) is 2.66. The van der Waals surface area contributed by atoms with Gasteiger partial charge in [-0.2, -0.15) is 11.8 Å². The van der Waals surface area contributed by atoms with E-state index >= 15 is 0 Å². The fourth-order valence-corrected chi connectivity index (χ4v) is 3.53. The molecule has 2 aromatic rings. The zero-order valence-corrected chi connectivity index (χ0v) is 15.7. The number of carbonyl (C=O) groups excluding carboxylic acids is 1. The van der Waals surface area contributed by atoms with Crippen LogP contribution in [-0.2, 0) is 5.75 Å². The third-order valence-corrected chi connectivity index (χ3v) is 5.26. The molecule has 0 spiro atoms. The number of benzene rings is 1. The Labute approximate surface area is 154 Å². The number of nitrogens with zero attached hydrogens (tertiary/aromatic N) is 2. The van der Waals surface area contributed by atoms with Crippen LogP contribution >= 0.6 is 11.8 Å². The summed E-state index contributed by atoms with van der Waals surface area (Å²) in [7, 11) is 0. The SMILES string of the molecule is CSCc1ccc(C(=O)Nc2ccc(N3CCC(C)CC3)nc2)cc1. The molecule has 0 aliphatic carbocycles. The van der Waals surface area contributed by atoms with Gasteiger partial charge in [-0.15, -0.1) is 0 Å². The summed E-state index contributed by atoms with van der Waals surface area (Å²) in [5, 5.41) is 2.92. The van der Waals surface area contributed by atoms with E-state index in [1.165, 1.54) is 18.4 Å². The number of nitrogens with one attached hydrogen (secondary N) is 1. The quantitative estimate of drug-likeness (QED) is 0.861. The van der Waals surface area contributed by atoms with E-state index in [-0.39, 0.29) is 5.91 Å². The molecule has 2 heterocycles. The Bertz CT molecular complexity index is 692. The molecule has 1 aliphatic rings. The van der Waals surface area contributed by atoms with Crippen LogP contribution < -0.4 is 10.2 Å². The van der Waals surface area contributed by atoms with Crippen molar-refractivity contribution in [2.45, 2.75) is 25.5 Å². The van der Waals surface area contributed by atoms with E-state index in [1.807, 2.05) is 36.4 Å². The Hall–Kier alpha value is -2.01. The molecule has 1 amide bonds. The van der Waals surface area contributed by atoms with Gasteiger partial charge in [0.2, 0.25) is 0 Å². The maximum absolute atomic E-state index is 12.4. The molecule has 0 radical (unpaired) electrons. The van der Waals surface area contributed by atoms with Gasteiger partial charge in [0.1, 0.15) is 5.82 Å². The van der Waals surface area contributed by atoms with E-state index < -0.39 is 0 Å². The molecule has 1 saturated heterocycles. The zero-order valence-electron chi connectivity index (χ0n) is 14.9. The van der Waals surface area contributed by atoms with Crippen molar-refractivity contribution in [2.75, 3.05) is 29.6 Å². The van der Waals surface area contributed by atoms with Crippen LogP contribution in [0.2, 0.25) is 0 Å². The second-order valence-corrected chi connectivity index (χ2v) is 7.52. The molecule has 4 nitrogen and oxygen atoms in total. The van der Waals surface area contributed by atoms with Crippen molar-refractivity contribution in [3.8, 4) is 0 Å². The highest BCUT2D eigenvalue weighted by Crippen LogP contribution is 2.22. The zero-order chi connectivity index (χ0) is 17.6. The fourth-order valence-electron chi connectivity index (χ4n) is 3.01. The number of aromatic nitrogens is 1. The van der Waals surface area contributed by atoms with E-state index in [0.29, 0.717) is 5.56 Å². The second-order valence-electron chi connectivity index (χ2n) is 6.66. The van der Waals surface area contributed by atoms with Crippen molar-refractivity contribution in [3.63, 3.8) is 0 Å². The van der Waals surface area contributed by atoms with Crippen LogP contribution in [0.25, 0.3) is 0 Å². The summed E-state index contributed by atoms with van der Waals surface area (Å²) in [4.78, 5) is 19.2. The molecule has 132 valence electrons. The number of hydrogen-bond acceptors (Lipinski definition) is 4. The van der Waals surface area contributed by atoms with E-state index in [1.54, 1.807) is 18.0 Å². The van der Waals surface area contributed by atoms with Crippen LogP contribution in [0.4, 0.5) is 11.5 Å². The summed E-state index contributed by atoms with van der Waals surface area (Å²) >= 11 is 1.77. The standard InChI is InChI=1S/C20H25N3OS/c1-15-9-11-23(12-10-15)19-8-7-18(13-21-19)22-20(24)17-5-3-16(4-6-17)14-25-2/h3-8,13,15H,9-12,14H2,1-2H3,(H,22,24). The summed E-state index contributed by atoms with van der Waals surface area (Å²) in [6.07, 6.45) is 6.24. The molecule has 0 unspecified atom stereocenters. The normalized spacial score (nSPS) is 15.2. The molecule has 1 N–H and O–H groups in total. The first-order valence-corrected chi connectivity index (χ1v) is 10.2. The lowest BCUT2D eigenvalue weighted by Crippen LogP contribution is -2.33. The van der Waals surface area contributed by atoms with Crippen LogP contribution in [0.5, 0.6) is 0 Å². The minimum Gasteiger partial charge on any atom is -0.357 e. The summed E-state index contributed by atoms with van der Waals surface area (Å²) in [6, 6.07) is 11.7. The van der Waals surface area contributed by atoms with Gasteiger partial charge in [0.15, 0.2) is 0 Å². The van der Waals surface area contributed by atoms with E-state index in [9.17, 15) is 4.79 Å². The van der Waals surface area contributed by atoms with E-state index in [4.69, 9.17) is 0 Å². The van der Waals surface area contributed by atoms with Gasteiger partial charge >= 0.3 is 0 Å². The van der Waals surface area contributed by atoms with Gasteiger partial charge in [-0.25, -0.2) is 4.98 Å². The van der Waals surface area contributed by atoms with Gasteiger partial charge in [0.05, 0.1) is 11.9 Å². The van der Waals surface area contributed by atoms with Gasteiger partial charge in [-0.1, -0.05) is 19.1 Å². The second kappa shape index (κ2) is 8.39. The number of piperidine rings is 1. The molecule has 0 bridgehead atoms. The molecule has 1 aliphatic heterocycles. The number of carbonyl (C=O) groups is 1. The molecular weight excluding hydrogens is 330 g/mol. The molecule has 25 heavy (non-hydrogen) atoms. The van der Waals surface area contributed by atoms with Gasteiger partial charge in [-0.3, -0.25) is 4.79 Å². The molecule has 1 fully saturated rings. The number of rotatable bonds is 5. The Morgan fingerprint density at radius 3 is 2.52 bits per heavy atom. The maximum Gasteiger partial charge on any atom is 0.255 e. The van der Waals surface area contributed by atoms with Crippen LogP contribution in [0, 0.1) is 5.92 Å². The molecule has 0 atom stereocenters. The van der Waals surface area contributed by atoms with Gasteiger partial charge in [0.25, 0.3) is 5.91 Å². The number of anilines is 2. The lowest BCUT2D eigenvalue weighted by Gasteiger charge is -2.31. The van der Waals surface area contributed by atoms with Crippen molar-refractivity contribution in [1.82, 2.24) is 4.98 Å². The van der Waals surface area contributed by atoms with E-state index in [0.717, 1.165) is 36.3 Å². The number of hydrogen-bond donors (Lipinski definition) is 1. The predicted molar refractivity (Wildman–Crippen MR) is 106 cm³/mol. The third-order valence-electron chi connectivity index (χ3n) is 4.64. The maximum atomic E-state index is 12.4. The Morgan fingerprint density at radius 2 is 1.92 bits per heavy atom. The first-order chi connectivity index (χ1) is 12.2. The third kappa shape index (κ3) is 4.75. The van der Waals surface area contributed by atoms with Crippen molar-refractivity contribution in [1.29, 1.82) is 0 Å². The highest BCUT2D eigenvalue weighted by molar-refractivity contribution is 7.97. The fraction of sp³-hybridized carbons (Fsp3) is 0.400. The van der Waals surface area contributed by atoms with Gasteiger partial charge in [0, 0.05) is 24.4 Å². The minimum atomic E-state index is -0.1000. The number of thioether (sulfide) groups is 1. The van der Waals surface area contributed by atoms with Crippen molar-refractivity contribution < 1.29 is 4.79 Å². The highest BCUT2D eigenvalue weighted by atomic mass is 32.2. The molecule has 3 rings (SSSR count). The Morgan fingerprint density at radius 1 is 1.20 bits per heavy atom. The predicted octanol–water partition coefficient (Wildman–Crippen LogP) is 4.43. The summed E-state index contributed by atoms with van der Waals surface area (Å²) < 4.78 is 0. The van der Waals surface area contributed by atoms with Gasteiger partial charge < -0.3 is 10.2 Å². The first kappa shape index (κ1) is 17.8. The Balaban J connectivity index is 1.60. The van der Waals surface area contributed by atoms with Crippen molar-refractivity contribution >= 4 is 29.2 Å². The summed E-state index contributed by atoms with van der Waals surface area (Å²) in [5.41, 5.74) is 2.62. The molecular formula is C20H25N3OS. The monoisotopic (exact) mass is 355 g/mol. The van der Waals surface area contributed by atoms with Crippen LogP contribution in [0.1, 0.15) is 35.7 Å². The molecule has 5 heteroatoms. The topological polar surface area (TPSA) is 45.2 Å². The van der Waals surface area contributed by atoms with E-state index in [2.05, 4.69) is 28.4 Å². The highest BCUT2D eigenvalue weighted by Gasteiger charge is 2.16. The smallest absolute Gasteiger partial charge is 0.255 e. The first-order valence-electron chi connectivity index (χ1n) is 8.76. The summed E-state index contributed by atoms with van der Waals surface area (Å²) in [6.45, 7) is 4.42. The van der Waals surface area contributed by atoms with Crippen LogP contribution in [0.3, 0.4) is 0 Å². The minimum absolute atomic E-state index is 0.1000. The Kier molecular flexibility index (Phi) is 5.97. The van der Waals surface area contributed by atoms with Crippen LogP contribution in [-0.4, -0.2) is 30.2 Å².